The summed E-state index contributed by atoms with van der Waals surface area (Å²) >= 11 is 0. The Morgan fingerprint density at radius 1 is 1.32 bits per heavy atom. The second-order valence-corrected chi connectivity index (χ2v) is 4.01. The van der Waals surface area contributed by atoms with E-state index in [-0.39, 0.29) is 0 Å². The van der Waals surface area contributed by atoms with Crippen molar-refractivity contribution in [2.24, 2.45) is 0 Å². The van der Waals surface area contributed by atoms with Gasteiger partial charge in [0.05, 0.1) is 14.2 Å². The summed E-state index contributed by atoms with van der Waals surface area (Å²) in [5.41, 5.74) is 1.75. The molecule has 0 N–H and O–H groups in total. The SMILES string of the molecule is C=C(C)COc1ccc(/C=C/C(=O)OC)cc1OC. The molecule has 1 aromatic carbocycles. The maximum atomic E-state index is 11.0. The maximum Gasteiger partial charge on any atom is 0.330 e. The van der Waals surface area contributed by atoms with Crippen molar-refractivity contribution >= 4 is 12.0 Å². The number of hydrogen-bond acceptors (Lipinski definition) is 4. The molecule has 0 aliphatic rings. The molecule has 1 rings (SSSR count). The molecule has 0 aromatic heterocycles. The number of hydrogen-bond donors (Lipinski definition) is 0. The van der Waals surface area contributed by atoms with E-state index in [1.807, 2.05) is 13.0 Å². The molecule has 0 heterocycles. The van der Waals surface area contributed by atoms with Gasteiger partial charge in [0, 0.05) is 6.08 Å². The Morgan fingerprint density at radius 2 is 2.05 bits per heavy atom. The average Bonchev–Trinajstić information content (AvgIpc) is 2.42. The normalized spacial score (nSPS) is 10.3. The molecule has 0 atom stereocenters. The van der Waals surface area contributed by atoms with Gasteiger partial charge in [0.2, 0.25) is 0 Å². The second-order valence-electron chi connectivity index (χ2n) is 4.01. The lowest BCUT2D eigenvalue weighted by atomic mass is 10.2. The third kappa shape index (κ3) is 4.87. The molecule has 0 saturated carbocycles. The van der Waals surface area contributed by atoms with Gasteiger partial charge < -0.3 is 14.2 Å². The monoisotopic (exact) mass is 262 g/mol. The van der Waals surface area contributed by atoms with Gasteiger partial charge in [-0.2, -0.15) is 0 Å². The van der Waals surface area contributed by atoms with Gasteiger partial charge in [0.15, 0.2) is 11.5 Å². The van der Waals surface area contributed by atoms with Crippen molar-refractivity contribution in [1.82, 2.24) is 0 Å². The Morgan fingerprint density at radius 3 is 2.63 bits per heavy atom. The van der Waals surface area contributed by atoms with E-state index < -0.39 is 5.97 Å². The number of benzene rings is 1. The van der Waals surface area contributed by atoms with Crippen LogP contribution >= 0.6 is 0 Å². The highest BCUT2D eigenvalue weighted by molar-refractivity contribution is 5.87. The first-order valence-corrected chi connectivity index (χ1v) is 5.78. The van der Waals surface area contributed by atoms with Crippen molar-refractivity contribution < 1.29 is 19.0 Å². The fourth-order valence-electron chi connectivity index (χ4n) is 1.34. The maximum absolute atomic E-state index is 11.0. The average molecular weight is 262 g/mol. The van der Waals surface area contributed by atoms with Gasteiger partial charge >= 0.3 is 5.97 Å². The van der Waals surface area contributed by atoms with Crippen LogP contribution in [0, 0.1) is 0 Å². The van der Waals surface area contributed by atoms with E-state index >= 15 is 0 Å². The van der Waals surface area contributed by atoms with Gasteiger partial charge in [-0.25, -0.2) is 4.79 Å². The van der Waals surface area contributed by atoms with Gasteiger partial charge in [-0.05, 0) is 36.3 Å². The van der Waals surface area contributed by atoms with Gasteiger partial charge in [-0.1, -0.05) is 12.6 Å². The lowest BCUT2D eigenvalue weighted by Crippen LogP contribution is -1.99. The van der Waals surface area contributed by atoms with Crippen LogP contribution < -0.4 is 9.47 Å². The van der Waals surface area contributed by atoms with Crippen molar-refractivity contribution in [2.45, 2.75) is 6.92 Å². The molecule has 19 heavy (non-hydrogen) atoms. The highest BCUT2D eigenvalue weighted by atomic mass is 16.5. The van der Waals surface area contributed by atoms with Gasteiger partial charge in [0.1, 0.15) is 6.61 Å². The van der Waals surface area contributed by atoms with Gasteiger partial charge in [-0.3, -0.25) is 0 Å². The lowest BCUT2D eigenvalue weighted by Gasteiger charge is -2.11. The van der Waals surface area contributed by atoms with Crippen LogP contribution in [0.25, 0.3) is 6.08 Å². The molecule has 4 nitrogen and oxygen atoms in total. The van der Waals surface area contributed by atoms with Crippen LogP contribution in [0.1, 0.15) is 12.5 Å². The smallest absolute Gasteiger partial charge is 0.330 e. The van der Waals surface area contributed by atoms with Crippen molar-refractivity contribution in [3.05, 3.63) is 42.0 Å². The summed E-state index contributed by atoms with van der Waals surface area (Å²) in [5, 5.41) is 0. The number of esters is 1. The first-order chi connectivity index (χ1) is 9.06. The first kappa shape index (κ1) is 14.8. The molecule has 1 aromatic rings. The molecule has 102 valence electrons. The fraction of sp³-hybridized carbons (Fsp3) is 0.267. The summed E-state index contributed by atoms with van der Waals surface area (Å²) in [7, 11) is 2.90. The molecule has 0 unspecified atom stereocenters. The van der Waals surface area contributed by atoms with Crippen LogP contribution in [0.2, 0.25) is 0 Å². The Hall–Kier alpha value is -2.23. The minimum Gasteiger partial charge on any atom is -0.493 e. The zero-order valence-corrected chi connectivity index (χ0v) is 11.4. The molecule has 0 spiro atoms. The molecule has 0 aliphatic heterocycles. The summed E-state index contributed by atoms with van der Waals surface area (Å²) in [6, 6.07) is 5.40. The molecular weight excluding hydrogens is 244 g/mol. The number of rotatable bonds is 6. The first-order valence-electron chi connectivity index (χ1n) is 5.78. The quantitative estimate of drug-likeness (QED) is 0.449. The molecule has 0 fully saturated rings. The topological polar surface area (TPSA) is 44.8 Å². The third-order valence-electron chi connectivity index (χ3n) is 2.27. The third-order valence-corrected chi connectivity index (χ3v) is 2.27. The number of ether oxygens (including phenoxy) is 3. The van der Waals surface area contributed by atoms with Crippen molar-refractivity contribution in [3.63, 3.8) is 0 Å². The van der Waals surface area contributed by atoms with Crippen molar-refractivity contribution in [1.29, 1.82) is 0 Å². The van der Waals surface area contributed by atoms with Crippen LogP contribution in [0.5, 0.6) is 11.5 Å². The zero-order valence-electron chi connectivity index (χ0n) is 11.4. The summed E-state index contributed by atoms with van der Waals surface area (Å²) in [6.45, 7) is 6.10. The van der Waals surface area contributed by atoms with E-state index in [1.165, 1.54) is 13.2 Å². The standard InChI is InChI=1S/C15H18O4/c1-11(2)10-19-13-7-5-12(9-14(13)17-3)6-8-15(16)18-4/h5-9H,1,10H2,2-4H3/b8-6+. The van der Waals surface area contributed by atoms with E-state index in [1.54, 1.807) is 25.3 Å². The highest BCUT2D eigenvalue weighted by Crippen LogP contribution is 2.28. The number of methoxy groups -OCH3 is 2. The largest absolute Gasteiger partial charge is 0.493 e. The summed E-state index contributed by atoms with van der Waals surface area (Å²) < 4.78 is 15.3. The van der Waals surface area contributed by atoms with Gasteiger partial charge in [0.25, 0.3) is 0 Å². The molecule has 0 radical (unpaired) electrons. The van der Waals surface area contributed by atoms with Crippen LogP contribution in [-0.4, -0.2) is 26.8 Å². The lowest BCUT2D eigenvalue weighted by molar-refractivity contribution is -0.134. The van der Waals surface area contributed by atoms with Crippen molar-refractivity contribution in [3.8, 4) is 11.5 Å². The van der Waals surface area contributed by atoms with Crippen molar-refractivity contribution in [2.75, 3.05) is 20.8 Å². The second kappa shape index (κ2) is 7.26. The van der Waals surface area contributed by atoms with Crippen LogP contribution in [0.15, 0.2) is 36.4 Å². The van der Waals surface area contributed by atoms with Gasteiger partial charge in [-0.15, -0.1) is 0 Å². The number of carbonyl (C=O) groups excluding carboxylic acids is 1. The molecule has 0 saturated heterocycles. The van der Waals surface area contributed by atoms with Crippen LogP contribution in [0.4, 0.5) is 0 Å². The zero-order chi connectivity index (χ0) is 14.3. The van der Waals surface area contributed by atoms with Crippen LogP contribution in [-0.2, 0) is 9.53 Å². The van der Waals surface area contributed by atoms with Crippen LogP contribution in [0.3, 0.4) is 0 Å². The van der Waals surface area contributed by atoms with E-state index in [4.69, 9.17) is 9.47 Å². The van der Waals surface area contributed by atoms with E-state index in [0.717, 1.165) is 11.1 Å². The molecule has 0 bridgehead atoms. The fourth-order valence-corrected chi connectivity index (χ4v) is 1.34. The molecular formula is C15H18O4. The predicted octanol–water partition coefficient (Wildman–Crippen LogP) is 2.84. The highest BCUT2D eigenvalue weighted by Gasteiger charge is 2.05. The molecule has 0 amide bonds. The summed E-state index contributed by atoms with van der Waals surface area (Å²) in [5.74, 6) is 0.843. The predicted molar refractivity (Wildman–Crippen MR) is 74.4 cm³/mol. The van der Waals surface area contributed by atoms with E-state index in [0.29, 0.717) is 18.1 Å². The Balaban J connectivity index is 2.86. The Labute approximate surface area is 113 Å². The molecule has 4 heteroatoms. The minimum atomic E-state index is -0.401. The van der Waals surface area contributed by atoms with E-state index in [2.05, 4.69) is 11.3 Å². The Bertz CT molecular complexity index is 489. The molecule has 0 aliphatic carbocycles. The minimum absolute atomic E-state index is 0.401. The summed E-state index contributed by atoms with van der Waals surface area (Å²) in [6.07, 6.45) is 3.00. The Kier molecular flexibility index (Phi) is 5.67. The number of carbonyl (C=O) groups is 1. The summed E-state index contributed by atoms with van der Waals surface area (Å²) in [4.78, 5) is 11.0. The van der Waals surface area contributed by atoms with E-state index in [9.17, 15) is 4.79 Å².